The Labute approximate surface area is 435 Å². The van der Waals surface area contributed by atoms with Gasteiger partial charge >= 0.3 is 0 Å². The van der Waals surface area contributed by atoms with E-state index < -0.39 is 31.8 Å². The molecule has 2 aliphatic heterocycles. The van der Waals surface area contributed by atoms with Gasteiger partial charge < -0.3 is 44.5 Å². The average Bonchev–Trinajstić information content (AvgIpc) is 4.13. The van der Waals surface area contributed by atoms with Gasteiger partial charge in [-0.05, 0) is 123 Å². The number of carbonyl (C=O) groups excluding carboxylic acids is 2. The van der Waals surface area contributed by atoms with Gasteiger partial charge in [0.1, 0.15) is 45.0 Å². The van der Waals surface area contributed by atoms with Crippen molar-refractivity contribution in [1.82, 2.24) is 50.5 Å². The molecule has 3 aliphatic rings. The maximum atomic E-state index is 14.2. The van der Waals surface area contributed by atoms with Crippen molar-refractivity contribution in [2.24, 2.45) is 0 Å². The van der Waals surface area contributed by atoms with Gasteiger partial charge in [0.15, 0.2) is 23.3 Å². The summed E-state index contributed by atoms with van der Waals surface area (Å²) in [5, 5.41) is 26.3. The lowest BCUT2D eigenvalue weighted by Crippen LogP contribution is -2.25. The van der Waals surface area contributed by atoms with Crippen molar-refractivity contribution in [3.05, 3.63) is 147 Å². The van der Waals surface area contributed by atoms with Crippen molar-refractivity contribution in [2.45, 2.75) is 56.3 Å². The van der Waals surface area contributed by atoms with Crippen LogP contribution in [0, 0.1) is 0 Å². The Morgan fingerprint density at radius 2 is 1.14 bits per heavy atom. The van der Waals surface area contributed by atoms with Gasteiger partial charge in [0.05, 0.1) is 10.5 Å². The number of benzene rings is 5. The molecule has 20 nitrogen and oxygen atoms in total. The standard InChI is InChI=1S/C54H48N10O10S2/c65-32-12-5-10-29(24-32)8-1-3-22-55-53(67)31-16-19-36-41(26-31)49-58-45(36)59-50-42-27-34(75(69,70)71)17-20-37(42)46(60-50)57-48-39-14-7-15-40(54(68)56-23-4-2-9-30-11-6-13-33(66)25-30)44(39)52(64-48)63-47-38-21-18-35(76(72,73)74)28-43(38)51(61-47)62-49/h5-7,10-19,21,24-26,28,65-66,69-71H,1-4,8-9,20,22-23,27H2,(H,55,67)(H,56,68)(H,72,73,74)(H2,57,58,59,60,61,62,63,64). The summed E-state index contributed by atoms with van der Waals surface area (Å²) in [6.45, 7) is 0.706. The highest BCUT2D eigenvalue weighted by molar-refractivity contribution is 8.22. The molecule has 0 saturated carbocycles. The van der Waals surface area contributed by atoms with Crippen LogP contribution in [-0.4, -0.2) is 102 Å². The number of hydrogen-bond donors (Lipinski definition) is 10. The molecule has 0 spiro atoms. The molecule has 3 aromatic heterocycles. The normalized spacial score (nSPS) is 13.1. The number of fused-ring (bicyclic) bond motifs is 20. The third-order valence-corrected chi connectivity index (χ3v) is 15.3. The molecule has 76 heavy (non-hydrogen) atoms. The van der Waals surface area contributed by atoms with Gasteiger partial charge in [-0.25, -0.2) is 29.9 Å². The number of phenolic OH excluding ortho intramolecular Hbond substituents is 2. The van der Waals surface area contributed by atoms with Crippen LogP contribution in [-0.2, 0) is 35.8 Å². The summed E-state index contributed by atoms with van der Waals surface area (Å²) in [5.41, 5.74) is 5.92. The Morgan fingerprint density at radius 3 is 1.83 bits per heavy atom. The Kier molecular flexibility index (Phi) is 13.1. The molecule has 5 heterocycles. The van der Waals surface area contributed by atoms with E-state index in [1.807, 2.05) is 12.1 Å². The first-order chi connectivity index (χ1) is 36.5. The molecule has 0 fully saturated rings. The van der Waals surface area contributed by atoms with Crippen LogP contribution in [0.2, 0.25) is 0 Å². The largest absolute Gasteiger partial charge is 0.508 e. The van der Waals surface area contributed by atoms with E-state index in [-0.39, 0.29) is 91.9 Å². The first-order valence-electron chi connectivity index (χ1n) is 24.3. The van der Waals surface area contributed by atoms with Crippen molar-refractivity contribution < 1.29 is 46.4 Å². The van der Waals surface area contributed by atoms with E-state index in [4.69, 9.17) is 29.9 Å². The maximum absolute atomic E-state index is 14.2. The quantitative estimate of drug-likeness (QED) is 0.0358. The minimum atomic E-state index is -4.72. The highest BCUT2D eigenvalue weighted by Gasteiger charge is 2.31. The van der Waals surface area contributed by atoms with Crippen molar-refractivity contribution in [1.29, 1.82) is 0 Å². The third kappa shape index (κ3) is 10.1. The van der Waals surface area contributed by atoms with E-state index in [1.54, 1.807) is 72.8 Å². The van der Waals surface area contributed by atoms with Crippen LogP contribution in [0.4, 0.5) is 0 Å². The number of nitrogens with zero attached hydrogens (tertiary/aromatic N) is 6. The monoisotopic (exact) mass is 1060 g/mol. The number of unbranched alkanes of at least 4 members (excludes halogenated alkanes) is 2. The van der Waals surface area contributed by atoms with Gasteiger partial charge in [0, 0.05) is 74.1 Å². The molecule has 2 amide bonds. The fourth-order valence-electron chi connectivity index (χ4n) is 9.70. The molecule has 0 unspecified atom stereocenters. The van der Waals surface area contributed by atoms with Crippen molar-refractivity contribution in [3.8, 4) is 57.1 Å². The number of phenols is 2. The van der Waals surface area contributed by atoms with Crippen LogP contribution >= 0.6 is 10.9 Å². The summed E-state index contributed by atoms with van der Waals surface area (Å²) in [6, 6.07) is 28.0. The Morgan fingerprint density at radius 1 is 0.553 bits per heavy atom. The number of allylic oxidation sites excluding steroid dienone is 2. The number of aryl methyl sites for hydroxylation is 2. The van der Waals surface area contributed by atoms with Crippen molar-refractivity contribution in [2.75, 3.05) is 13.1 Å². The summed E-state index contributed by atoms with van der Waals surface area (Å²) in [7, 11) is -8.85. The second-order valence-corrected chi connectivity index (χ2v) is 21.6. The van der Waals surface area contributed by atoms with Crippen molar-refractivity contribution in [3.63, 3.8) is 0 Å². The first kappa shape index (κ1) is 49.8. The minimum Gasteiger partial charge on any atom is -0.508 e. The Bertz CT molecular complexity index is 4020. The molecule has 10 N–H and O–H groups in total. The summed E-state index contributed by atoms with van der Waals surface area (Å²) in [6.07, 6.45) is 5.71. The summed E-state index contributed by atoms with van der Waals surface area (Å²) < 4.78 is 66.7. The van der Waals surface area contributed by atoms with Crippen molar-refractivity contribution >= 4 is 66.2 Å². The number of aromatic nitrogens is 8. The fourth-order valence-corrected chi connectivity index (χ4v) is 10.8. The molecule has 0 atom stereocenters. The summed E-state index contributed by atoms with van der Waals surface area (Å²) in [4.78, 5) is 63.7. The lowest BCUT2D eigenvalue weighted by Gasteiger charge is -2.25. The fraction of sp³-hybridized carbons (Fsp3) is 0.185. The predicted octanol–water partition coefficient (Wildman–Crippen LogP) is 9.09. The zero-order valence-corrected chi connectivity index (χ0v) is 41.9. The number of H-pyrrole nitrogens is 2. The number of aromatic amines is 2. The molecule has 5 aromatic carbocycles. The number of amides is 2. The molecule has 8 aromatic rings. The number of rotatable bonds is 14. The summed E-state index contributed by atoms with van der Waals surface area (Å²) in [5.74, 6) is 0.0203. The molecular weight excluding hydrogens is 1010 g/mol. The molecule has 22 heteroatoms. The molecule has 1 aliphatic carbocycles. The van der Waals surface area contributed by atoms with Crippen LogP contribution in [0.1, 0.15) is 68.7 Å². The first-order valence-corrected chi connectivity index (χ1v) is 27.2. The zero-order chi connectivity index (χ0) is 52.9. The van der Waals surface area contributed by atoms with Crippen LogP contribution in [0.3, 0.4) is 0 Å². The highest BCUT2D eigenvalue weighted by atomic mass is 32.3. The Balaban J connectivity index is 1.05. The lowest BCUT2D eigenvalue weighted by atomic mass is 10.00. The third-order valence-electron chi connectivity index (χ3n) is 13.5. The van der Waals surface area contributed by atoms with E-state index in [2.05, 4.69) is 20.6 Å². The summed E-state index contributed by atoms with van der Waals surface area (Å²) >= 11 is 0. The average molecular weight is 1060 g/mol. The second-order valence-electron chi connectivity index (χ2n) is 18.6. The van der Waals surface area contributed by atoms with E-state index in [0.717, 1.165) is 24.0 Å². The van der Waals surface area contributed by atoms with Gasteiger partial charge in [-0.1, -0.05) is 42.5 Å². The van der Waals surface area contributed by atoms with E-state index in [0.29, 0.717) is 83.2 Å². The van der Waals surface area contributed by atoms with Gasteiger partial charge in [-0.15, -0.1) is 0 Å². The highest BCUT2D eigenvalue weighted by Crippen LogP contribution is 2.48. The van der Waals surface area contributed by atoms with Crippen LogP contribution < -0.4 is 10.6 Å². The molecule has 8 bridgehead atoms. The van der Waals surface area contributed by atoms with E-state index in [1.165, 1.54) is 24.3 Å². The molecule has 11 rings (SSSR count). The van der Waals surface area contributed by atoms with Crippen LogP contribution in [0.15, 0.2) is 119 Å². The van der Waals surface area contributed by atoms with Gasteiger partial charge in [0.25, 0.3) is 21.9 Å². The lowest BCUT2D eigenvalue weighted by molar-refractivity contribution is 0.0945. The topological polar surface area (TPSA) is 323 Å². The molecule has 386 valence electrons. The van der Waals surface area contributed by atoms with Crippen LogP contribution in [0.5, 0.6) is 11.5 Å². The number of nitrogens with one attached hydrogen (secondary N) is 4. The van der Waals surface area contributed by atoms with E-state index in [9.17, 15) is 46.4 Å². The SMILES string of the molecule is O=C(NCCCCc1cccc(O)c1)c1ccc2c(c1)-c1nc-2nc2[nH]c(nc3nc(nc4[nH]c(n1)c1cc(S(=O)(=O)O)ccc41)-c1c(C(=O)NCCCCc4cccc(O)c4)cccc1-3)c1c2CC(S(O)(O)O)=CC1. The number of aromatic hydroxyl groups is 2. The second kappa shape index (κ2) is 20.0. The van der Waals surface area contributed by atoms with Gasteiger partial charge in [0.2, 0.25) is 0 Å². The van der Waals surface area contributed by atoms with E-state index >= 15 is 0 Å². The minimum absolute atomic E-state index is 0.0228. The molecule has 0 saturated heterocycles. The molecular formula is C54H48N10O10S2. The van der Waals surface area contributed by atoms with Gasteiger partial charge in [-0.3, -0.25) is 14.1 Å². The zero-order valence-electron chi connectivity index (χ0n) is 40.3. The number of hydrogen-bond acceptors (Lipinski definition) is 15. The number of carbonyl (C=O) groups is 2. The molecule has 0 radical (unpaired) electrons. The predicted molar refractivity (Wildman–Crippen MR) is 286 cm³/mol. The van der Waals surface area contributed by atoms with Gasteiger partial charge in [-0.2, -0.15) is 8.42 Å². The van der Waals surface area contributed by atoms with Crippen LogP contribution in [0.25, 0.3) is 78.9 Å². The Hall–Kier alpha value is -8.38. The smallest absolute Gasteiger partial charge is 0.294 e. The maximum Gasteiger partial charge on any atom is 0.294 e.